The fourth-order valence-electron chi connectivity index (χ4n) is 1.73. The highest BCUT2D eigenvalue weighted by atomic mass is 35.5. The minimum atomic E-state index is -0.332. The summed E-state index contributed by atoms with van der Waals surface area (Å²) in [7, 11) is 0. The second-order valence-corrected chi connectivity index (χ2v) is 5.52. The van der Waals surface area contributed by atoms with Gasteiger partial charge in [0.1, 0.15) is 5.69 Å². The first-order chi connectivity index (χ1) is 9.65. The van der Waals surface area contributed by atoms with Crippen LogP contribution in [0.1, 0.15) is 16.1 Å². The molecule has 2 heterocycles. The number of amides is 1. The third-order valence-corrected chi connectivity index (χ3v) is 4.11. The predicted octanol–water partition coefficient (Wildman–Crippen LogP) is 3.30. The van der Waals surface area contributed by atoms with E-state index in [-0.39, 0.29) is 11.6 Å². The summed E-state index contributed by atoms with van der Waals surface area (Å²) in [4.78, 5) is 24.2. The molecule has 100 valence electrons. The minimum Gasteiger partial charge on any atom is -0.296 e. The molecule has 1 aromatic carbocycles. The summed E-state index contributed by atoms with van der Waals surface area (Å²) in [6.07, 6.45) is 4.39. The van der Waals surface area contributed by atoms with E-state index in [2.05, 4.69) is 20.3 Å². The van der Waals surface area contributed by atoms with Crippen molar-refractivity contribution in [1.29, 1.82) is 0 Å². The van der Waals surface area contributed by atoms with Gasteiger partial charge >= 0.3 is 0 Å². The molecule has 0 aliphatic carbocycles. The van der Waals surface area contributed by atoms with E-state index in [0.29, 0.717) is 10.2 Å². The SMILES string of the molecule is Cc1c(Cl)ccc2sc(NC(=O)c3cnccn3)nc12. The number of aryl methyl sites for hydroxylation is 1. The maximum atomic E-state index is 12.0. The Bertz CT molecular complexity index is 788. The highest BCUT2D eigenvalue weighted by molar-refractivity contribution is 7.22. The number of halogens is 1. The fraction of sp³-hybridized carbons (Fsp3) is 0.0769. The van der Waals surface area contributed by atoms with E-state index in [1.165, 1.54) is 29.9 Å². The summed E-state index contributed by atoms with van der Waals surface area (Å²) in [5.74, 6) is -0.332. The number of benzene rings is 1. The van der Waals surface area contributed by atoms with Gasteiger partial charge in [-0.3, -0.25) is 15.1 Å². The third kappa shape index (κ3) is 2.35. The van der Waals surface area contributed by atoms with E-state index < -0.39 is 0 Å². The summed E-state index contributed by atoms with van der Waals surface area (Å²) < 4.78 is 0.973. The number of nitrogens with zero attached hydrogens (tertiary/aromatic N) is 3. The summed E-state index contributed by atoms with van der Waals surface area (Å²) in [6.45, 7) is 1.90. The molecule has 7 heteroatoms. The van der Waals surface area contributed by atoms with Gasteiger partial charge in [0, 0.05) is 17.4 Å². The summed E-state index contributed by atoms with van der Waals surface area (Å²) in [6, 6.07) is 3.71. The van der Waals surface area contributed by atoms with Gasteiger partial charge in [0.05, 0.1) is 16.4 Å². The van der Waals surface area contributed by atoms with Gasteiger partial charge in [-0.2, -0.15) is 0 Å². The first-order valence-electron chi connectivity index (χ1n) is 5.78. The largest absolute Gasteiger partial charge is 0.296 e. The van der Waals surface area contributed by atoms with Gasteiger partial charge in [-0.25, -0.2) is 9.97 Å². The molecule has 0 radical (unpaired) electrons. The number of hydrogen-bond donors (Lipinski definition) is 1. The molecular formula is C13H9ClN4OS. The lowest BCUT2D eigenvalue weighted by Crippen LogP contribution is -2.13. The van der Waals surface area contributed by atoms with E-state index in [1.807, 2.05) is 19.1 Å². The lowest BCUT2D eigenvalue weighted by atomic mass is 10.2. The molecule has 5 nitrogen and oxygen atoms in total. The van der Waals surface area contributed by atoms with Crippen molar-refractivity contribution in [3.63, 3.8) is 0 Å². The smallest absolute Gasteiger partial charge is 0.277 e. The van der Waals surface area contributed by atoms with Crippen LogP contribution >= 0.6 is 22.9 Å². The quantitative estimate of drug-likeness (QED) is 0.788. The molecule has 0 atom stereocenters. The molecule has 3 aromatic rings. The number of carbonyl (C=O) groups is 1. The van der Waals surface area contributed by atoms with Crippen LogP contribution in [0.25, 0.3) is 10.2 Å². The molecule has 0 aliphatic heterocycles. The molecule has 0 aliphatic rings. The molecule has 0 spiro atoms. The zero-order valence-corrected chi connectivity index (χ0v) is 12.0. The molecular weight excluding hydrogens is 296 g/mol. The van der Waals surface area contributed by atoms with Crippen molar-refractivity contribution in [2.75, 3.05) is 5.32 Å². The molecule has 0 saturated carbocycles. The first kappa shape index (κ1) is 13.0. The first-order valence-corrected chi connectivity index (χ1v) is 6.97. The van der Waals surface area contributed by atoms with Crippen molar-refractivity contribution in [2.45, 2.75) is 6.92 Å². The zero-order valence-electron chi connectivity index (χ0n) is 10.4. The van der Waals surface area contributed by atoms with Gasteiger partial charge < -0.3 is 0 Å². The van der Waals surface area contributed by atoms with E-state index in [0.717, 1.165) is 15.8 Å². The van der Waals surface area contributed by atoms with Crippen LogP contribution in [-0.4, -0.2) is 20.9 Å². The van der Waals surface area contributed by atoms with Gasteiger partial charge in [-0.1, -0.05) is 22.9 Å². The molecule has 20 heavy (non-hydrogen) atoms. The van der Waals surface area contributed by atoms with Crippen LogP contribution in [0.3, 0.4) is 0 Å². The molecule has 1 amide bonds. The second-order valence-electron chi connectivity index (χ2n) is 4.08. The van der Waals surface area contributed by atoms with Gasteiger partial charge in [0.2, 0.25) is 0 Å². The maximum Gasteiger partial charge on any atom is 0.277 e. The van der Waals surface area contributed by atoms with E-state index in [1.54, 1.807) is 0 Å². The number of aromatic nitrogens is 3. The van der Waals surface area contributed by atoms with Crippen molar-refractivity contribution in [1.82, 2.24) is 15.0 Å². The summed E-state index contributed by atoms with van der Waals surface area (Å²) in [5.41, 5.74) is 1.96. The Morgan fingerprint density at radius 2 is 2.20 bits per heavy atom. The van der Waals surface area contributed by atoms with Crippen molar-refractivity contribution >= 4 is 44.2 Å². The molecule has 0 unspecified atom stereocenters. The lowest BCUT2D eigenvalue weighted by Gasteiger charge is -1.99. The van der Waals surface area contributed by atoms with Crippen LogP contribution in [-0.2, 0) is 0 Å². The Morgan fingerprint density at radius 3 is 2.95 bits per heavy atom. The number of thiazole rings is 1. The van der Waals surface area contributed by atoms with Crippen molar-refractivity contribution in [3.8, 4) is 0 Å². The Hall–Kier alpha value is -2.05. The predicted molar refractivity (Wildman–Crippen MR) is 79.4 cm³/mol. The van der Waals surface area contributed by atoms with Gasteiger partial charge in [-0.05, 0) is 24.6 Å². The topological polar surface area (TPSA) is 67.8 Å². The second kappa shape index (κ2) is 5.15. The highest BCUT2D eigenvalue weighted by Gasteiger charge is 2.12. The van der Waals surface area contributed by atoms with Crippen LogP contribution in [0.2, 0.25) is 5.02 Å². The van der Waals surface area contributed by atoms with Gasteiger partial charge in [-0.15, -0.1) is 0 Å². The standard InChI is InChI=1S/C13H9ClN4OS/c1-7-8(14)2-3-10-11(7)17-13(20-10)18-12(19)9-6-15-4-5-16-9/h2-6H,1H3,(H,17,18,19). The fourth-order valence-corrected chi connectivity index (χ4v) is 2.80. The minimum absolute atomic E-state index is 0.251. The number of carbonyl (C=O) groups excluding carboxylic acids is 1. The van der Waals surface area contributed by atoms with Crippen LogP contribution in [0.4, 0.5) is 5.13 Å². The third-order valence-electron chi connectivity index (χ3n) is 2.76. The molecule has 3 rings (SSSR count). The lowest BCUT2D eigenvalue weighted by molar-refractivity contribution is 0.102. The van der Waals surface area contributed by atoms with Crippen molar-refractivity contribution < 1.29 is 4.79 Å². The van der Waals surface area contributed by atoms with Crippen molar-refractivity contribution in [2.24, 2.45) is 0 Å². The van der Waals surface area contributed by atoms with Crippen LogP contribution in [0, 0.1) is 6.92 Å². The molecule has 1 N–H and O–H groups in total. The Balaban J connectivity index is 1.92. The molecule has 0 bridgehead atoms. The normalized spacial score (nSPS) is 10.7. The van der Waals surface area contributed by atoms with Gasteiger partial charge in [0.15, 0.2) is 5.13 Å². The van der Waals surface area contributed by atoms with E-state index in [4.69, 9.17) is 11.6 Å². The van der Waals surface area contributed by atoms with Gasteiger partial charge in [0.25, 0.3) is 5.91 Å². The number of anilines is 1. The number of hydrogen-bond acceptors (Lipinski definition) is 5. The Kier molecular flexibility index (Phi) is 3.33. The molecule has 0 fully saturated rings. The summed E-state index contributed by atoms with van der Waals surface area (Å²) >= 11 is 7.45. The molecule has 2 aromatic heterocycles. The Labute approximate surface area is 123 Å². The van der Waals surface area contributed by atoms with Crippen molar-refractivity contribution in [3.05, 3.63) is 47.0 Å². The maximum absolute atomic E-state index is 12.0. The molecule has 0 saturated heterocycles. The van der Waals surface area contributed by atoms with E-state index >= 15 is 0 Å². The van der Waals surface area contributed by atoms with Crippen LogP contribution in [0.5, 0.6) is 0 Å². The average molecular weight is 305 g/mol. The number of rotatable bonds is 2. The van der Waals surface area contributed by atoms with E-state index in [9.17, 15) is 4.79 Å². The zero-order chi connectivity index (χ0) is 14.1. The average Bonchev–Trinajstić information content (AvgIpc) is 2.87. The Morgan fingerprint density at radius 1 is 1.35 bits per heavy atom. The number of nitrogens with one attached hydrogen (secondary N) is 1. The monoisotopic (exact) mass is 304 g/mol. The van der Waals surface area contributed by atoms with Crippen LogP contribution < -0.4 is 5.32 Å². The highest BCUT2D eigenvalue weighted by Crippen LogP contribution is 2.31. The van der Waals surface area contributed by atoms with Crippen LogP contribution in [0.15, 0.2) is 30.7 Å². The summed E-state index contributed by atoms with van der Waals surface area (Å²) in [5, 5.41) is 3.89. The number of fused-ring (bicyclic) bond motifs is 1.